The van der Waals surface area contributed by atoms with Crippen LogP contribution in [0.25, 0.3) is 0 Å². The highest BCUT2D eigenvalue weighted by Crippen LogP contribution is 2.87. The first-order valence-electron chi connectivity index (χ1n) is 12.6. The van der Waals surface area contributed by atoms with Crippen molar-refractivity contribution in [3.8, 4) is 0 Å². The van der Waals surface area contributed by atoms with E-state index < -0.39 is 0 Å². The molecule has 0 radical (unpaired) electrons. The summed E-state index contributed by atoms with van der Waals surface area (Å²) in [4.78, 5) is 16.4. The second-order valence-electron chi connectivity index (χ2n) is 13.2. The van der Waals surface area contributed by atoms with Gasteiger partial charge in [-0.1, -0.05) is 20.8 Å². The molecule has 0 aromatic rings. The number of carbonyl (C=O) groups excluding carboxylic acids is 1. The molecule has 0 saturated heterocycles. The summed E-state index contributed by atoms with van der Waals surface area (Å²) in [6.45, 7) is 9.22. The van der Waals surface area contributed by atoms with Crippen molar-refractivity contribution in [1.29, 1.82) is 0 Å². The molecule has 31 heavy (non-hydrogen) atoms. The van der Waals surface area contributed by atoms with Crippen molar-refractivity contribution in [3.63, 3.8) is 0 Å². The molecule has 2 spiro atoms. The van der Waals surface area contributed by atoms with Crippen LogP contribution in [0.1, 0.15) is 72.6 Å². The Bertz CT molecular complexity index is 802. The third kappa shape index (κ3) is 2.26. The van der Waals surface area contributed by atoms with Gasteiger partial charge in [0.1, 0.15) is 5.78 Å². The Morgan fingerprint density at radius 3 is 2.39 bits per heavy atom. The van der Waals surface area contributed by atoms with E-state index in [1.165, 1.54) is 0 Å². The van der Waals surface area contributed by atoms with Crippen molar-refractivity contribution in [1.82, 2.24) is 4.90 Å². The van der Waals surface area contributed by atoms with Crippen molar-refractivity contribution >= 4 is 5.78 Å². The van der Waals surface area contributed by atoms with Gasteiger partial charge in [-0.15, -0.1) is 0 Å². The lowest BCUT2D eigenvalue weighted by Crippen LogP contribution is -2.63. The maximum absolute atomic E-state index is 14.2. The topological polar surface area (TPSA) is 86.8 Å². The van der Waals surface area contributed by atoms with E-state index in [9.17, 15) is 15.0 Å². The number of carbonyl (C=O) groups is 1. The summed E-state index contributed by atoms with van der Waals surface area (Å²) >= 11 is 0. The second kappa shape index (κ2) is 6.34. The molecule has 5 saturated carbocycles. The van der Waals surface area contributed by atoms with E-state index >= 15 is 0 Å². The summed E-state index contributed by atoms with van der Waals surface area (Å²) in [6.07, 6.45) is 6.06. The normalized spacial score (nSPS) is 58.9. The first kappa shape index (κ1) is 22.3. The Kier molecular flexibility index (Phi) is 4.56. The molecule has 176 valence electrons. The number of hydrogen-bond donors (Lipinski definition) is 3. The fourth-order valence-corrected chi connectivity index (χ4v) is 10.4. The molecule has 0 bridgehead atoms. The molecule has 5 fully saturated rings. The molecule has 5 aliphatic carbocycles. The molecule has 0 aliphatic heterocycles. The van der Waals surface area contributed by atoms with E-state index in [1.807, 2.05) is 0 Å². The smallest absolute Gasteiger partial charge is 0.140 e. The van der Waals surface area contributed by atoms with Gasteiger partial charge >= 0.3 is 0 Å². The van der Waals surface area contributed by atoms with E-state index in [0.717, 1.165) is 38.5 Å². The molecular weight excluding hydrogens is 388 g/mol. The molecule has 5 aliphatic rings. The highest BCUT2D eigenvalue weighted by molar-refractivity contribution is 5.92. The number of rotatable bonds is 3. The first-order chi connectivity index (χ1) is 14.4. The summed E-state index contributed by atoms with van der Waals surface area (Å²) < 4.78 is 0. The van der Waals surface area contributed by atoms with E-state index in [4.69, 9.17) is 5.73 Å². The Labute approximate surface area is 188 Å². The summed E-state index contributed by atoms with van der Waals surface area (Å²) in [6, 6.07) is 0.249. The third-order valence-corrected chi connectivity index (χ3v) is 12.5. The zero-order valence-corrected chi connectivity index (χ0v) is 20.4. The van der Waals surface area contributed by atoms with Crippen molar-refractivity contribution < 1.29 is 15.0 Å². The van der Waals surface area contributed by atoms with Crippen molar-refractivity contribution in [2.24, 2.45) is 50.6 Å². The van der Waals surface area contributed by atoms with Crippen molar-refractivity contribution in [2.45, 2.75) is 90.8 Å². The summed E-state index contributed by atoms with van der Waals surface area (Å²) in [5, 5.41) is 21.7. The van der Waals surface area contributed by atoms with Crippen LogP contribution < -0.4 is 5.73 Å². The number of Topliss-reactive ketones (excluding diaryl/α,β-unsaturated/α-hetero) is 1. The number of nitrogens with two attached hydrogens (primary N) is 1. The fourth-order valence-electron chi connectivity index (χ4n) is 10.4. The molecular formula is C26H44N2O3. The highest BCUT2D eigenvalue weighted by atomic mass is 16.3. The van der Waals surface area contributed by atoms with Gasteiger partial charge in [-0.2, -0.15) is 0 Å². The average Bonchev–Trinajstić information content (AvgIpc) is 3.34. The number of hydrogen-bond acceptors (Lipinski definition) is 5. The minimum atomic E-state index is -0.356. The first-order valence-corrected chi connectivity index (χ1v) is 12.6. The molecule has 11 atom stereocenters. The SMILES string of the molecule is C[C@@H](C1[C@H](O)C[C@@]2(C)C3CC[C@@H]4C5(CCC(N)[C@@]4(C)CO)CC35C(=O)CC12C)N(C)C. The molecule has 5 nitrogen and oxygen atoms in total. The largest absolute Gasteiger partial charge is 0.396 e. The summed E-state index contributed by atoms with van der Waals surface area (Å²) in [5.41, 5.74) is 5.86. The minimum absolute atomic E-state index is 0.0143. The number of nitrogens with zero attached hydrogens (tertiary/aromatic N) is 1. The Morgan fingerprint density at radius 1 is 1.13 bits per heavy atom. The van der Waals surface area contributed by atoms with Gasteiger partial charge in [-0.25, -0.2) is 0 Å². The van der Waals surface area contributed by atoms with Gasteiger partial charge in [-0.05, 0) is 87.6 Å². The second-order valence-corrected chi connectivity index (χ2v) is 13.2. The molecule has 6 unspecified atom stereocenters. The molecule has 0 heterocycles. The lowest BCUT2D eigenvalue weighted by molar-refractivity contribution is -0.172. The van der Waals surface area contributed by atoms with E-state index in [-0.39, 0.29) is 57.8 Å². The lowest BCUT2D eigenvalue weighted by atomic mass is 9.41. The molecule has 0 aromatic carbocycles. The van der Waals surface area contributed by atoms with Crippen LogP contribution >= 0.6 is 0 Å². The van der Waals surface area contributed by atoms with Gasteiger partial charge in [0.05, 0.1) is 12.7 Å². The minimum Gasteiger partial charge on any atom is -0.396 e. The van der Waals surface area contributed by atoms with Crippen LogP contribution in [0.5, 0.6) is 0 Å². The van der Waals surface area contributed by atoms with Crippen LogP contribution in [0.15, 0.2) is 0 Å². The molecule has 4 N–H and O–H groups in total. The van der Waals surface area contributed by atoms with Crippen LogP contribution in [-0.2, 0) is 4.79 Å². The van der Waals surface area contributed by atoms with Gasteiger partial charge in [0, 0.05) is 35.3 Å². The molecule has 5 heteroatoms. The molecule has 0 aromatic heterocycles. The van der Waals surface area contributed by atoms with Gasteiger partial charge in [0.15, 0.2) is 0 Å². The Hall–Kier alpha value is -0.490. The van der Waals surface area contributed by atoms with Gasteiger partial charge < -0.3 is 20.8 Å². The lowest BCUT2D eigenvalue weighted by Gasteiger charge is -2.62. The van der Waals surface area contributed by atoms with Crippen LogP contribution in [-0.4, -0.2) is 59.8 Å². The van der Waals surface area contributed by atoms with Crippen LogP contribution in [0.2, 0.25) is 0 Å². The van der Waals surface area contributed by atoms with Crippen molar-refractivity contribution in [3.05, 3.63) is 0 Å². The number of aliphatic hydroxyl groups is 2. The van der Waals surface area contributed by atoms with E-state index in [1.54, 1.807) is 0 Å². The van der Waals surface area contributed by atoms with E-state index in [2.05, 4.69) is 46.7 Å². The quantitative estimate of drug-likeness (QED) is 0.638. The van der Waals surface area contributed by atoms with Crippen LogP contribution in [0.4, 0.5) is 0 Å². The fraction of sp³-hybridized carbons (Fsp3) is 0.962. The average molecular weight is 433 g/mol. The Balaban J connectivity index is 1.58. The van der Waals surface area contributed by atoms with Crippen LogP contribution in [0, 0.1) is 44.8 Å². The Morgan fingerprint density at radius 2 is 1.77 bits per heavy atom. The van der Waals surface area contributed by atoms with E-state index in [0.29, 0.717) is 24.0 Å². The van der Waals surface area contributed by atoms with Gasteiger partial charge in [-0.3, -0.25) is 4.79 Å². The number of fused-ring (bicyclic) bond motifs is 2. The molecule has 5 rings (SSSR count). The number of aliphatic hydroxyl groups excluding tert-OH is 2. The van der Waals surface area contributed by atoms with Gasteiger partial charge in [0.2, 0.25) is 0 Å². The summed E-state index contributed by atoms with van der Waals surface area (Å²) in [7, 11) is 4.18. The standard InChI is InChI=1S/C26H44N2O3/c1-15(28(5)6)21-16(30)11-23(3)18-8-7-17-22(2,14-29)19(27)9-10-25(17)13-26(18,25)20(31)12-24(21,23)4/h15-19,21,29-30H,7-14,27H2,1-6H3/t15-,16+,17-,18?,19?,21?,22-,23-,24?,25?,26?/m0/s1. The monoisotopic (exact) mass is 432 g/mol. The van der Waals surface area contributed by atoms with Gasteiger partial charge in [0.25, 0.3) is 0 Å². The predicted octanol–water partition coefficient (Wildman–Crippen LogP) is 2.83. The predicted molar refractivity (Wildman–Crippen MR) is 121 cm³/mol. The maximum Gasteiger partial charge on any atom is 0.140 e. The molecule has 0 amide bonds. The zero-order valence-electron chi connectivity index (χ0n) is 20.4. The zero-order chi connectivity index (χ0) is 22.8. The van der Waals surface area contributed by atoms with Crippen molar-refractivity contribution in [2.75, 3.05) is 20.7 Å². The van der Waals surface area contributed by atoms with Crippen LogP contribution in [0.3, 0.4) is 0 Å². The highest BCUT2D eigenvalue weighted by Gasteiger charge is 2.86. The number of ketones is 1. The maximum atomic E-state index is 14.2. The third-order valence-electron chi connectivity index (χ3n) is 12.5. The summed E-state index contributed by atoms with van der Waals surface area (Å²) in [5.74, 6) is 1.25.